The molecule has 90 valence electrons. The Morgan fingerprint density at radius 3 is 2.94 bits per heavy atom. The molecule has 17 heavy (non-hydrogen) atoms. The van der Waals surface area contributed by atoms with Crippen molar-refractivity contribution in [1.29, 1.82) is 0 Å². The van der Waals surface area contributed by atoms with Crippen LogP contribution < -0.4 is 5.32 Å². The van der Waals surface area contributed by atoms with Crippen molar-refractivity contribution in [2.45, 2.75) is 6.54 Å². The fourth-order valence-corrected chi connectivity index (χ4v) is 1.71. The number of nitrogens with one attached hydrogen (secondary N) is 1. The molecule has 0 bridgehead atoms. The van der Waals surface area contributed by atoms with Gasteiger partial charge in [-0.3, -0.25) is 0 Å². The number of hydrogen-bond donors (Lipinski definition) is 1. The highest BCUT2D eigenvalue weighted by molar-refractivity contribution is 5.73. The third kappa shape index (κ3) is 2.45. The van der Waals surface area contributed by atoms with Gasteiger partial charge in [-0.15, -0.1) is 10.2 Å². The van der Waals surface area contributed by atoms with Crippen molar-refractivity contribution in [3.63, 3.8) is 0 Å². The lowest BCUT2D eigenvalue weighted by Gasteiger charge is -2.09. The van der Waals surface area contributed by atoms with Crippen LogP contribution in [0.5, 0.6) is 0 Å². The fraction of sp³-hybridized carbons (Fsp3) is 0.333. The van der Waals surface area contributed by atoms with Crippen molar-refractivity contribution < 1.29 is 4.74 Å². The van der Waals surface area contributed by atoms with E-state index in [1.54, 1.807) is 13.4 Å². The average Bonchev–Trinajstić information content (AvgIpc) is 2.84. The van der Waals surface area contributed by atoms with Gasteiger partial charge in [-0.05, 0) is 12.1 Å². The van der Waals surface area contributed by atoms with E-state index in [2.05, 4.69) is 15.5 Å². The third-order valence-electron chi connectivity index (χ3n) is 2.59. The Morgan fingerprint density at radius 1 is 1.35 bits per heavy atom. The second kappa shape index (κ2) is 5.45. The molecule has 0 atom stereocenters. The Kier molecular flexibility index (Phi) is 3.72. The summed E-state index contributed by atoms with van der Waals surface area (Å²) in [5.74, 6) is 0.854. The molecule has 2 rings (SSSR count). The van der Waals surface area contributed by atoms with Gasteiger partial charge in [-0.1, -0.05) is 12.1 Å². The molecular weight excluding hydrogens is 216 g/mol. The van der Waals surface area contributed by atoms with E-state index in [1.807, 2.05) is 35.9 Å². The maximum Gasteiger partial charge on any atom is 0.165 e. The van der Waals surface area contributed by atoms with Gasteiger partial charge in [0.05, 0.1) is 6.61 Å². The quantitative estimate of drug-likeness (QED) is 0.851. The molecule has 0 radical (unpaired) electrons. The Morgan fingerprint density at radius 2 is 2.18 bits per heavy atom. The molecule has 0 aliphatic carbocycles. The van der Waals surface area contributed by atoms with Crippen LogP contribution in [-0.4, -0.2) is 35.5 Å². The van der Waals surface area contributed by atoms with Gasteiger partial charge >= 0.3 is 0 Å². The first-order chi connectivity index (χ1) is 8.36. The first-order valence-electron chi connectivity index (χ1n) is 5.50. The minimum absolute atomic E-state index is 0.646. The van der Waals surface area contributed by atoms with E-state index in [1.165, 1.54) is 0 Å². The van der Waals surface area contributed by atoms with Gasteiger partial charge in [0.1, 0.15) is 6.33 Å². The highest BCUT2D eigenvalue weighted by atomic mass is 16.5. The lowest BCUT2D eigenvalue weighted by Crippen LogP contribution is -2.05. The summed E-state index contributed by atoms with van der Waals surface area (Å²) in [7, 11) is 3.58. The molecule has 1 aromatic heterocycles. The molecule has 0 amide bonds. The maximum atomic E-state index is 5.07. The number of rotatable bonds is 5. The van der Waals surface area contributed by atoms with E-state index in [-0.39, 0.29) is 0 Å². The van der Waals surface area contributed by atoms with Gasteiger partial charge in [0.2, 0.25) is 0 Å². The van der Waals surface area contributed by atoms with Crippen molar-refractivity contribution in [2.75, 3.05) is 26.1 Å². The average molecular weight is 232 g/mol. The van der Waals surface area contributed by atoms with Crippen LogP contribution in [0.2, 0.25) is 0 Å². The Hall–Kier alpha value is -1.88. The van der Waals surface area contributed by atoms with Crippen molar-refractivity contribution in [1.82, 2.24) is 14.8 Å². The van der Waals surface area contributed by atoms with E-state index in [0.717, 1.165) is 23.6 Å². The normalized spacial score (nSPS) is 10.5. The Balaban J connectivity index is 2.35. The summed E-state index contributed by atoms with van der Waals surface area (Å²) in [6, 6.07) is 8.03. The van der Waals surface area contributed by atoms with E-state index in [4.69, 9.17) is 4.74 Å². The second-order valence-electron chi connectivity index (χ2n) is 3.64. The van der Waals surface area contributed by atoms with Gasteiger partial charge in [0.25, 0.3) is 0 Å². The van der Waals surface area contributed by atoms with Gasteiger partial charge < -0.3 is 14.6 Å². The van der Waals surface area contributed by atoms with Crippen LogP contribution in [-0.2, 0) is 11.3 Å². The first kappa shape index (κ1) is 11.6. The van der Waals surface area contributed by atoms with E-state index < -0.39 is 0 Å². The number of anilines is 1. The molecule has 0 saturated carbocycles. The van der Waals surface area contributed by atoms with Gasteiger partial charge in [0, 0.05) is 32.0 Å². The SMILES string of the molecule is CNc1ccccc1-c1nncn1CCOC. The summed E-state index contributed by atoms with van der Waals surface area (Å²) >= 11 is 0. The summed E-state index contributed by atoms with van der Waals surface area (Å²) in [6.45, 7) is 1.39. The van der Waals surface area contributed by atoms with Crippen molar-refractivity contribution in [3.8, 4) is 11.4 Å². The molecule has 0 saturated heterocycles. The van der Waals surface area contributed by atoms with Crippen LogP contribution in [0.1, 0.15) is 0 Å². The number of para-hydroxylation sites is 1. The van der Waals surface area contributed by atoms with Gasteiger partial charge in [0.15, 0.2) is 5.82 Å². The summed E-state index contributed by atoms with van der Waals surface area (Å²) in [5.41, 5.74) is 2.09. The zero-order valence-corrected chi connectivity index (χ0v) is 10.1. The molecule has 0 aliphatic rings. The number of benzene rings is 1. The molecular formula is C12H16N4O. The number of aromatic nitrogens is 3. The summed E-state index contributed by atoms with van der Waals surface area (Å²) < 4.78 is 7.06. The highest BCUT2D eigenvalue weighted by Gasteiger charge is 2.10. The van der Waals surface area contributed by atoms with Crippen molar-refractivity contribution >= 4 is 5.69 Å². The molecule has 5 heteroatoms. The predicted molar refractivity (Wildman–Crippen MR) is 66.9 cm³/mol. The molecule has 0 spiro atoms. The first-order valence-corrected chi connectivity index (χ1v) is 5.50. The van der Waals surface area contributed by atoms with Crippen molar-refractivity contribution in [2.24, 2.45) is 0 Å². The smallest absolute Gasteiger partial charge is 0.165 e. The monoisotopic (exact) mass is 232 g/mol. The fourth-order valence-electron chi connectivity index (χ4n) is 1.71. The van der Waals surface area contributed by atoms with Crippen LogP contribution >= 0.6 is 0 Å². The number of methoxy groups -OCH3 is 1. The zero-order valence-electron chi connectivity index (χ0n) is 10.1. The zero-order chi connectivity index (χ0) is 12.1. The molecule has 2 aromatic rings. The molecule has 1 N–H and O–H groups in total. The number of ether oxygens (including phenoxy) is 1. The minimum Gasteiger partial charge on any atom is -0.388 e. The largest absolute Gasteiger partial charge is 0.388 e. The Labute approximate surface area is 100 Å². The van der Waals surface area contributed by atoms with Gasteiger partial charge in [-0.2, -0.15) is 0 Å². The lowest BCUT2D eigenvalue weighted by molar-refractivity contribution is 0.187. The molecule has 0 unspecified atom stereocenters. The van der Waals surface area contributed by atoms with Gasteiger partial charge in [-0.25, -0.2) is 0 Å². The number of nitrogens with zero attached hydrogens (tertiary/aromatic N) is 3. The Bertz CT molecular complexity index is 481. The minimum atomic E-state index is 0.646. The van der Waals surface area contributed by atoms with Crippen LogP contribution in [0, 0.1) is 0 Å². The standard InChI is InChI=1S/C12H16N4O/c1-13-11-6-4-3-5-10(11)12-15-14-9-16(12)7-8-17-2/h3-6,9,13H,7-8H2,1-2H3. The van der Waals surface area contributed by atoms with Crippen LogP contribution in [0.3, 0.4) is 0 Å². The van der Waals surface area contributed by atoms with Crippen LogP contribution in [0.4, 0.5) is 5.69 Å². The molecule has 5 nitrogen and oxygen atoms in total. The summed E-state index contributed by atoms with van der Waals surface area (Å²) in [4.78, 5) is 0. The van der Waals surface area contributed by atoms with Crippen molar-refractivity contribution in [3.05, 3.63) is 30.6 Å². The molecule has 1 heterocycles. The predicted octanol–water partition coefficient (Wildman–Crippen LogP) is 1.63. The maximum absolute atomic E-state index is 5.07. The van der Waals surface area contributed by atoms with E-state index in [9.17, 15) is 0 Å². The van der Waals surface area contributed by atoms with E-state index >= 15 is 0 Å². The topological polar surface area (TPSA) is 52.0 Å². The molecule has 0 aliphatic heterocycles. The summed E-state index contributed by atoms with van der Waals surface area (Å²) in [5, 5.41) is 11.3. The lowest BCUT2D eigenvalue weighted by atomic mass is 10.1. The molecule has 0 fully saturated rings. The number of hydrogen-bond acceptors (Lipinski definition) is 4. The highest BCUT2D eigenvalue weighted by Crippen LogP contribution is 2.25. The summed E-state index contributed by atoms with van der Waals surface area (Å²) in [6.07, 6.45) is 1.72. The van der Waals surface area contributed by atoms with E-state index in [0.29, 0.717) is 6.61 Å². The molecule has 1 aromatic carbocycles. The second-order valence-corrected chi connectivity index (χ2v) is 3.64. The van der Waals surface area contributed by atoms with Crippen LogP contribution in [0.15, 0.2) is 30.6 Å². The third-order valence-corrected chi connectivity index (χ3v) is 2.59. The van der Waals surface area contributed by atoms with Crippen LogP contribution in [0.25, 0.3) is 11.4 Å².